The van der Waals surface area contributed by atoms with Gasteiger partial charge in [-0.25, -0.2) is 9.97 Å². The number of nitrogen functional groups attached to an aromatic ring is 1. The number of nitrogens with two attached hydrogens (primary N) is 1. The Hall–Kier alpha value is -1.18. The lowest BCUT2D eigenvalue weighted by Crippen LogP contribution is -2.15. The van der Waals surface area contributed by atoms with E-state index in [1.54, 1.807) is 6.26 Å². The average molecular weight is 252 g/mol. The van der Waals surface area contributed by atoms with Crippen LogP contribution in [0.1, 0.15) is 6.42 Å². The Morgan fingerprint density at radius 2 is 2.12 bits per heavy atom. The highest BCUT2D eigenvalue weighted by Gasteiger charge is 2.26. The molecule has 0 saturated carbocycles. The Balaban J connectivity index is 2.57. The third-order valence-electron chi connectivity index (χ3n) is 1.62. The van der Waals surface area contributed by atoms with Crippen LogP contribution < -0.4 is 11.1 Å². The van der Waals surface area contributed by atoms with Crippen LogP contribution in [0.2, 0.25) is 0 Å². The van der Waals surface area contributed by atoms with Crippen LogP contribution >= 0.6 is 11.8 Å². The lowest BCUT2D eigenvalue weighted by atomic mass is 10.4. The van der Waals surface area contributed by atoms with Gasteiger partial charge in [-0.05, 0) is 6.26 Å². The number of aromatic nitrogens is 2. The molecule has 8 heteroatoms. The summed E-state index contributed by atoms with van der Waals surface area (Å²) in [6, 6.07) is 1.40. The van der Waals surface area contributed by atoms with E-state index in [9.17, 15) is 13.2 Å². The molecule has 1 aromatic rings. The van der Waals surface area contributed by atoms with Crippen molar-refractivity contribution in [3.8, 4) is 0 Å². The molecule has 0 fully saturated rings. The van der Waals surface area contributed by atoms with E-state index in [0.717, 1.165) is 0 Å². The summed E-state index contributed by atoms with van der Waals surface area (Å²) in [5.74, 6) is 0.537. The van der Waals surface area contributed by atoms with Gasteiger partial charge in [0.2, 0.25) is 0 Å². The van der Waals surface area contributed by atoms with Crippen molar-refractivity contribution >= 4 is 23.4 Å². The molecule has 0 radical (unpaired) electrons. The zero-order valence-corrected chi connectivity index (χ0v) is 9.32. The number of nitrogens with one attached hydrogen (secondary N) is 1. The summed E-state index contributed by atoms with van der Waals surface area (Å²) in [7, 11) is 0. The number of alkyl halides is 3. The van der Waals surface area contributed by atoms with Gasteiger partial charge in [-0.2, -0.15) is 13.2 Å². The maximum absolute atomic E-state index is 11.9. The van der Waals surface area contributed by atoms with Gasteiger partial charge in [0.1, 0.15) is 11.6 Å². The highest BCUT2D eigenvalue weighted by Crippen LogP contribution is 2.20. The van der Waals surface area contributed by atoms with Crippen LogP contribution in [0.4, 0.5) is 24.8 Å². The molecule has 0 unspecified atom stereocenters. The van der Waals surface area contributed by atoms with Crippen molar-refractivity contribution in [2.24, 2.45) is 0 Å². The van der Waals surface area contributed by atoms with E-state index in [1.165, 1.54) is 17.8 Å². The summed E-state index contributed by atoms with van der Waals surface area (Å²) in [6.45, 7) is -0.228. The molecule has 1 heterocycles. The van der Waals surface area contributed by atoms with Gasteiger partial charge in [-0.1, -0.05) is 11.8 Å². The van der Waals surface area contributed by atoms with Crippen molar-refractivity contribution in [1.29, 1.82) is 0 Å². The van der Waals surface area contributed by atoms with Gasteiger partial charge in [0.05, 0.1) is 6.42 Å². The average Bonchev–Trinajstić information content (AvgIpc) is 2.14. The lowest BCUT2D eigenvalue weighted by Gasteiger charge is -2.09. The van der Waals surface area contributed by atoms with Crippen molar-refractivity contribution in [3.63, 3.8) is 0 Å². The number of thioether (sulfide) groups is 1. The van der Waals surface area contributed by atoms with Crippen molar-refractivity contribution < 1.29 is 13.2 Å². The molecule has 0 saturated heterocycles. The van der Waals surface area contributed by atoms with Gasteiger partial charge in [0.15, 0.2) is 5.16 Å². The van der Waals surface area contributed by atoms with Crippen molar-refractivity contribution in [2.75, 3.05) is 23.9 Å². The molecule has 1 rings (SSSR count). The molecule has 90 valence electrons. The summed E-state index contributed by atoms with van der Waals surface area (Å²) in [5, 5.41) is 2.98. The van der Waals surface area contributed by atoms with Crippen LogP contribution in [0.15, 0.2) is 11.2 Å². The first-order chi connectivity index (χ1) is 7.40. The number of hydrogen-bond donors (Lipinski definition) is 2. The molecular weight excluding hydrogens is 241 g/mol. The summed E-state index contributed by atoms with van der Waals surface area (Å²) in [4.78, 5) is 7.84. The smallest absolute Gasteiger partial charge is 0.383 e. The molecule has 0 spiro atoms. The van der Waals surface area contributed by atoms with Crippen LogP contribution in [-0.2, 0) is 0 Å². The second-order valence-corrected chi connectivity index (χ2v) is 3.73. The summed E-state index contributed by atoms with van der Waals surface area (Å²) < 4.78 is 35.6. The zero-order valence-electron chi connectivity index (χ0n) is 8.51. The second-order valence-electron chi connectivity index (χ2n) is 2.96. The van der Waals surface area contributed by atoms with Gasteiger partial charge in [-0.3, -0.25) is 0 Å². The Labute approximate surface area is 94.8 Å². The molecule has 0 aliphatic rings. The SMILES string of the molecule is CSc1nc(N)cc(NCCC(F)(F)F)n1. The fourth-order valence-corrected chi connectivity index (χ4v) is 1.34. The van der Waals surface area contributed by atoms with Crippen molar-refractivity contribution in [3.05, 3.63) is 6.07 Å². The van der Waals surface area contributed by atoms with Crippen LogP contribution in [0.5, 0.6) is 0 Å². The van der Waals surface area contributed by atoms with Gasteiger partial charge >= 0.3 is 6.18 Å². The number of hydrogen-bond acceptors (Lipinski definition) is 5. The van der Waals surface area contributed by atoms with E-state index < -0.39 is 12.6 Å². The number of halogens is 3. The number of rotatable bonds is 4. The number of nitrogens with zero attached hydrogens (tertiary/aromatic N) is 2. The molecule has 0 aliphatic carbocycles. The maximum Gasteiger partial charge on any atom is 0.390 e. The minimum Gasteiger partial charge on any atom is -0.383 e. The normalized spacial score (nSPS) is 11.5. The third-order valence-corrected chi connectivity index (χ3v) is 2.17. The van der Waals surface area contributed by atoms with Gasteiger partial charge in [-0.15, -0.1) is 0 Å². The second kappa shape index (κ2) is 5.24. The first-order valence-electron chi connectivity index (χ1n) is 4.40. The Bertz CT molecular complexity index is 356. The van der Waals surface area contributed by atoms with Crippen LogP contribution in [0.3, 0.4) is 0 Å². The first-order valence-corrected chi connectivity index (χ1v) is 5.62. The Morgan fingerprint density at radius 1 is 1.44 bits per heavy atom. The molecule has 0 atom stereocenters. The molecular formula is C8H11F3N4S. The summed E-state index contributed by atoms with van der Waals surface area (Å²) in [6.07, 6.45) is -3.33. The van der Waals surface area contributed by atoms with E-state index in [4.69, 9.17) is 5.73 Å². The van der Waals surface area contributed by atoms with Gasteiger partial charge in [0.25, 0.3) is 0 Å². The lowest BCUT2D eigenvalue weighted by molar-refractivity contribution is -0.131. The minimum atomic E-state index is -4.17. The van der Waals surface area contributed by atoms with E-state index >= 15 is 0 Å². The molecule has 16 heavy (non-hydrogen) atoms. The fourth-order valence-electron chi connectivity index (χ4n) is 0.957. The largest absolute Gasteiger partial charge is 0.390 e. The first kappa shape index (κ1) is 12.9. The Kier molecular flexibility index (Phi) is 4.22. The molecule has 0 aromatic carbocycles. The quantitative estimate of drug-likeness (QED) is 0.635. The summed E-state index contributed by atoms with van der Waals surface area (Å²) in [5.41, 5.74) is 5.47. The van der Waals surface area contributed by atoms with E-state index in [-0.39, 0.29) is 12.4 Å². The van der Waals surface area contributed by atoms with Crippen molar-refractivity contribution in [2.45, 2.75) is 17.8 Å². The predicted molar refractivity (Wildman–Crippen MR) is 57.4 cm³/mol. The minimum absolute atomic E-state index is 0.228. The molecule has 4 nitrogen and oxygen atoms in total. The highest BCUT2D eigenvalue weighted by atomic mass is 32.2. The zero-order chi connectivity index (χ0) is 12.2. The monoisotopic (exact) mass is 252 g/mol. The topological polar surface area (TPSA) is 63.8 Å². The summed E-state index contributed by atoms with van der Waals surface area (Å²) >= 11 is 1.27. The van der Waals surface area contributed by atoms with Crippen molar-refractivity contribution in [1.82, 2.24) is 9.97 Å². The van der Waals surface area contributed by atoms with E-state index in [1.807, 2.05) is 0 Å². The van der Waals surface area contributed by atoms with Crippen LogP contribution in [0, 0.1) is 0 Å². The van der Waals surface area contributed by atoms with Gasteiger partial charge in [0, 0.05) is 12.6 Å². The third kappa shape index (κ3) is 4.56. The molecule has 0 aliphatic heterocycles. The fraction of sp³-hybridized carbons (Fsp3) is 0.500. The number of anilines is 2. The predicted octanol–water partition coefficient (Wildman–Crippen LogP) is 2.14. The standard InChI is InChI=1S/C8H11F3N4S/c1-16-7-14-5(12)4-6(15-7)13-3-2-8(9,10)11/h4H,2-3H2,1H3,(H3,12,13,14,15). The Morgan fingerprint density at radius 3 is 2.69 bits per heavy atom. The maximum atomic E-state index is 11.9. The highest BCUT2D eigenvalue weighted by molar-refractivity contribution is 7.98. The molecule has 0 bridgehead atoms. The van der Waals surface area contributed by atoms with Crippen LogP contribution in [-0.4, -0.2) is 28.9 Å². The van der Waals surface area contributed by atoms with Gasteiger partial charge < -0.3 is 11.1 Å². The van der Waals surface area contributed by atoms with E-state index in [2.05, 4.69) is 15.3 Å². The molecule has 1 aromatic heterocycles. The molecule has 3 N–H and O–H groups in total. The van der Waals surface area contributed by atoms with Crippen LogP contribution in [0.25, 0.3) is 0 Å². The van der Waals surface area contributed by atoms with E-state index in [0.29, 0.717) is 11.0 Å². The molecule has 0 amide bonds.